The second-order valence-corrected chi connectivity index (χ2v) is 6.73. The molecule has 0 saturated carbocycles. The summed E-state index contributed by atoms with van der Waals surface area (Å²) in [6.07, 6.45) is -0.220. The maximum atomic E-state index is 13.1. The van der Waals surface area contributed by atoms with Crippen molar-refractivity contribution in [3.63, 3.8) is 0 Å². The van der Waals surface area contributed by atoms with Crippen LogP contribution in [0.2, 0.25) is 0 Å². The molecule has 0 unspecified atom stereocenters. The van der Waals surface area contributed by atoms with E-state index in [1.807, 2.05) is 6.07 Å². The molecule has 1 amide bonds. The third-order valence-electron chi connectivity index (χ3n) is 4.43. The SMILES string of the molecule is COC(=O)[C@H](CC(=O)Nc1ccccc1)Nc1ccccc1OC(=O)c1ccc(F)cc1. The van der Waals surface area contributed by atoms with E-state index in [1.54, 1.807) is 42.5 Å². The standard InChI is InChI=1S/C24H21FN2O5/c1-31-24(30)20(15-22(28)26-18-7-3-2-4-8-18)27-19-9-5-6-10-21(19)32-23(29)16-11-13-17(25)14-12-16/h2-14,20,27H,15H2,1H3,(H,26,28)/t20-/m0/s1. The Morgan fingerprint density at radius 1 is 0.906 bits per heavy atom. The van der Waals surface area contributed by atoms with Gasteiger partial charge >= 0.3 is 11.9 Å². The summed E-state index contributed by atoms with van der Waals surface area (Å²) in [6.45, 7) is 0. The van der Waals surface area contributed by atoms with E-state index in [2.05, 4.69) is 10.6 Å². The van der Waals surface area contributed by atoms with Gasteiger partial charge in [0.25, 0.3) is 0 Å². The lowest BCUT2D eigenvalue weighted by Crippen LogP contribution is -2.35. The highest BCUT2D eigenvalue weighted by molar-refractivity contribution is 5.96. The quantitative estimate of drug-likeness (QED) is 0.409. The molecule has 164 valence electrons. The van der Waals surface area contributed by atoms with Gasteiger partial charge < -0.3 is 20.1 Å². The summed E-state index contributed by atoms with van der Waals surface area (Å²) in [5.74, 6) is -2.10. The Balaban J connectivity index is 1.73. The van der Waals surface area contributed by atoms with E-state index in [0.717, 1.165) is 12.1 Å². The first kappa shape index (κ1) is 22.5. The van der Waals surface area contributed by atoms with Gasteiger partial charge in [-0.25, -0.2) is 14.0 Å². The molecule has 2 N–H and O–H groups in total. The van der Waals surface area contributed by atoms with Crippen LogP contribution in [0.5, 0.6) is 5.75 Å². The summed E-state index contributed by atoms with van der Waals surface area (Å²) >= 11 is 0. The molecule has 0 aliphatic carbocycles. The Kier molecular flexibility index (Phi) is 7.53. The summed E-state index contributed by atoms with van der Waals surface area (Å²) in [4.78, 5) is 37.1. The summed E-state index contributed by atoms with van der Waals surface area (Å²) in [7, 11) is 1.21. The molecular weight excluding hydrogens is 415 g/mol. The lowest BCUT2D eigenvalue weighted by Gasteiger charge is -2.19. The third-order valence-corrected chi connectivity index (χ3v) is 4.43. The van der Waals surface area contributed by atoms with Crippen LogP contribution < -0.4 is 15.4 Å². The van der Waals surface area contributed by atoms with Gasteiger partial charge in [-0.1, -0.05) is 30.3 Å². The second-order valence-electron chi connectivity index (χ2n) is 6.73. The minimum Gasteiger partial charge on any atom is -0.467 e. The molecule has 0 bridgehead atoms. The van der Waals surface area contributed by atoms with Crippen LogP contribution in [-0.2, 0) is 14.3 Å². The van der Waals surface area contributed by atoms with Crippen molar-refractivity contribution in [3.05, 3.63) is 90.2 Å². The van der Waals surface area contributed by atoms with E-state index >= 15 is 0 Å². The summed E-state index contributed by atoms with van der Waals surface area (Å²) in [6, 6.07) is 19.1. The molecule has 0 aliphatic heterocycles. The fraction of sp³-hybridized carbons (Fsp3) is 0.125. The molecular formula is C24H21FN2O5. The lowest BCUT2D eigenvalue weighted by atomic mass is 10.1. The monoisotopic (exact) mass is 436 g/mol. The van der Waals surface area contributed by atoms with E-state index in [1.165, 1.54) is 25.3 Å². The summed E-state index contributed by atoms with van der Waals surface area (Å²) in [5.41, 5.74) is 1.06. The molecule has 3 aromatic rings. The average Bonchev–Trinajstić information content (AvgIpc) is 2.80. The van der Waals surface area contributed by atoms with Crippen LogP contribution in [0.25, 0.3) is 0 Å². The smallest absolute Gasteiger partial charge is 0.343 e. The molecule has 0 radical (unpaired) electrons. The van der Waals surface area contributed by atoms with Gasteiger partial charge in [0.2, 0.25) is 5.91 Å². The first-order valence-corrected chi connectivity index (χ1v) is 9.72. The van der Waals surface area contributed by atoms with Crippen LogP contribution in [0.4, 0.5) is 15.8 Å². The molecule has 32 heavy (non-hydrogen) atoms. The highest BCUT2D eigenvalue weighted by atomic mass is 19.1. The van der Waals surface area contributed by atoms with E-state index < -0.39 is 29.7 Å². The molecule has 0 fully saturated rings. The first-order valence-electron chi connectivity index (χ1n) is 9.72. The molecule has 1 atom stereocenters. The Bertz CT molecular complexity index is 1090. The van der Waals surface area contributed by atoms with Gasteiger partial charge in [-0.05, 0) is 48.5 Å². The molecule has 3 rings (SSSR count). The van der Waals surface area contributed by atoms with Crippen molar-refractivity contribution in [1.82, 2.24) is 0 Å². The highest BCUT2D eigenvalue weighted by Gasteiger charge is 2.24. The van der Waals surface area contributed by atoms with Gasteiger partial charge in [0, 0.05) is 5.69 Å². The van der Waals surface area contributed by atoms with Gasteiger partial charge in [-0.2, -0.15) is 0 Å². The minimum absolute atomic E-state index is 0.138. The van der Waals surface area contributed by atoms with Crippen LogP contribution >= 0.6 is 0 Å². The van der Waals surface area contributed by atoms with Crippen molar-refractivity contribution in [2.45, 2.75) is 12.5 Å². The molecule has 0 aromatic heterocycles. The molecule has 0 heterocycles. The average molecular weight is 436 g/mol. The number of rotatable bonds is 8. The predicted molar refractivity (Wildman–Crippen MR) is 117 cm³/mol. The number of esters is 2. The number of nitrogens with one attached hydrogen (secondary N) is 2. The third kappa shape index (κ3) is 6.15. The number of halogens is 1. The van der Waals surface area contributed by atoms with Crippen molar-refractivity contribution < 1.29 is 28.2 Å². The number of methoxy groups -OCH3 is 1. The van der Waals surface area contributed by atoms with Crippen molar-refractivity contribution in [3.8, 4) is 5.75 Å². The maximum Gasteiger partial charge on any atom is 0.343 e. The normalized spacial score (nSPS) is 11.2. The number of ether oxygens (including phenoxy) is 2. The van der Waals surface area contributed by atoms with Crippen molar-refractivity contribution in [1.29, 1.82) is 0 Å². The highest BCUT2D eigenvalue weighted by Crippen LogP contribution is 2.26. The fourth-order valence-electron chi connectivity index (χ4n) is 2.86. The Labute approximate surface area is 184 Å². The number of benzene rings is 3. The van der Waals surface area contributed by atoms with Crippen molar-refractivity contribution >= 4 is 29.2 Å². The van der Waals surface area contributed by atoms with Crippen LogP contribution in [-0.4, -0.2) is 31.0 Å². The number of para-hydroxylation sites is 3. The Hall–Kier alpha value is -4.20. The largest absolute Gasteiger partial charge is 0.467 e. The van der Waals surface area contributed by atoms with E-state index in [0.29, 0.717) is 11.4 Å². The zero-order valence-electron chi connectivity index (χ0n) is 17.2. The Morgan fingerprint density at radius 2 is 1.56 bits per heavy atom. The van der Waals surface area contributed by atoms with Gasteiger partial charge in [-0.15, -0.1) is 0 Å². The molecule has 7 nitrogen and oxygen atoms in total. The van der Waals surface area contributed by atoms with Gasteiger partial charge in [0.05, 0.1) is 24.8 Å². The van der Waals surface area contributed by atoms with Crippen molar-refractivity contribution in [2.24, 2.45) is 0 Å². The van der Waals surface area contributed by atoms with Crippen LogP contribution in [0.3, 0.4) is 0 Å². The predicted octanol–water partition coefficient (Wildman–Crippen LogP) is 4.03. The first-order chi connectivity index (χ1) is 15.5. The number of carbonyl (C=O) groups excluding carboxylic acids is 3. The Morgan fingerprint density at radius 3 is 2.25 bits per heavy atom. The fourth-order valence-corrected chi connectivity index (χ4v) is 2.86. The molecule has 0 saturated heterocycles. The van der Waals surface area contributed by atoms with Gasteiger partial charge in [0.15, 0.2) is 5.75 Å². The van der Waals surface area contributed by atoms with Gasteiger partial charge in [-0.3, -0.25) is 4.79 Å². The molecule has 3 aromatic carbocycles. The number of hydrogen-bond acceptors (Lipinski definition) is 6. The van der Waals surface area contributed by atoms with Crippen LogP contribution in [0.1, 0.15) is 16.8 Å². The summed E-state index contributed by atoms with van der Waals surface area (Å²) < 4.78 is 23.3. The molecule has 8 heteroatoms. The number of amides is 1. The van der Waals surface area contributed by atoms with E-state index in [4.69, 9.17) is 9.47 Å². The van der Waals surface area contributed by atoms with E-state index in [-0.39, 0.29) is 17.7 Å². The number of hydrogen-bond donors (Lipinski definition) is 2. The minimum atomic E-state index is -1.03. The number of carbonyl (C=O) groups is 3. The topological polar surface area (TPSA) is 93.7 Å². The zero-order valence-corrected chi connectivity index (χ0v) is 17.2. The van der Waals surface area contributed by atoms with Crippen LogP contribution in [0.15, 0.2) is 78.9 Å². The maximum absolute atomic E-state index is 13.1. The molecule has 0 spiro atoms. The summed E-state index contributed by atoms with van der Waals surface area (Å²) in [5, 5.41) is 5.62. The van der Waals surface area contributed by atoms with E-state index in [9.17, 15) is 18.8 Å². The lowest BCUT2D eigenvalue weighted by molar-refractivity contribution is -0.142. The second kappa shape index (κ2) is 10.7. The van der Waals surface area contributed by atoms with Crippen LogP contribution in [0, 0.1) is 5.82 Å². The number of anilines is 2. The zero-order chi connectivity index (χ0) is 22.9. The van der Waals surface area contributed by atoms with Crippen molar-refractivity contribution in [2.75, 3.05) is 17.7 Å². The molecule has 0 aliphatic rings. The van der Waals surface area contributed by atoms with Gasteiger partial charge in [0.1, 0.15) is 11.9 Å².